The number of hydrogen-bond donors (Lipinski definition) is 0. The zero-order chi connectivity index (χ0) is 15.1. The van der Waals surface area contributed by atoms with Crippen molar-refractivity contribution in [3.63, 3.8) is 0 Å². The summed E-state index contributed by atoms with van der Waals surface area (Å²) in [6, 6.07) is 8.06. The Morgan fingerprint density at radius 2 is 2.14 bits per heavy atom. The molecule has 5 heteroatoms. The third-order valence-corrected chi connectivity index (χ3v) is 4.61. The maximum Gasteiger partial charge on any atom is 0.253 e. The molecule has 1 aliphatic heterocycles. The highest BCUT2D eigenvalue weighted by Gasteiger charge is 2.31. The zero-order valence-corrected chi connectivity index (χ0v) is 12.8. The Bertz CT molecular complexity index is 704. The molecule has 0 spiro atoms. The van der Waals surface area contributed by atoms with Gasteiger partial charge in [-0.3, -0.25) is 4.79 Å². The van der Waals surface area contributed by atoms with Gasteiger partial charge in [0.15, 0.2) is 0 Å². The molecular formula is C17H20N4O. The molecule has 1 aliphatic carbocycles. The summed E-state index contributed by atoms with van der Waals surface area (Å²) in [6.07, 6.45) is 5.50. The number of rotatable bonds is 3. The van der Waals surface area contributed by atoms with Gasteiger partial charge in [-0.05, 0) is 38.3 Å². The molecule has 114 valence electrons. The normalized spacial score (nSPS) is 21.3. The van der Waals surface area contributed by atoms with Gasteiger partial charge in [0.25, 0.3) is 5.91 Å². The lowest BCUT2D eigenvalue weighted by Gasteiger charge is -2.16. The number of carbonyl (C=O) groups excluding carboxylic acids is 1. The van der Waals surface area contributed by atoms with Crippen LogP contribution >= 0.6 is 0 Å². The molecule has 1 aromatic heterocycles. The molecule has 2 fully saturated rings. The molecule has 0 N–H and O–H groups in total. The SMILES string of the molecule is Cc1cccc(C(=O)N2CC[C@H](n3cc(C4CC4)nn3)C2)c1. The number of amides is 1. The van der Waals surface area contributed by atoms with Crippen LogP contribution in [-0.4, -0.2) is 38.9 Å². The largest absolute Gasteiger partial charge is 0.336 e. The van der Waals surface area contributed by atoms with Crippen LogP contribution in [-0.2, 0) is 0 Å². The molecule has 0 unspecified atom stereocenters. The fourth-order valence-corrected chi connectivity index (χ4v) is 3.14. The van der Waals surface area contributed by atoms with Crippen molar-refractivity contribution in [1.82, 2.24) is 19.9 Å². The van der Waals surface area contributed by atoms with Gasteiger partial charge >= 0.3 is 0 Å². The Hall–Kier alpha value is -2.17. The van der Waals surface area contributed by atoms with Crippen molar-refractivity contribution in [2.24, 2.45) is 0 Å². The molecule has 2 aliphatic rings. The highest BCUT2D eigenvalue weighted by Crippen LogP contribution is 2.39. The fraction of sp³-hybridized carbons (Fsp3) is 0.471. The minimum Gasteiger partial charge on any atom is -0.336 e. The van der Waals surface area contributed by atoms with Gasteiger partial charge in [-0.2, -0.15) is 0 Å². The second-order valence-corrected chi connectivity index (χ2v) is 6.46. The van der Waals surface area contributed by atoms with Crippen LogP contribution in [0, 0.1) is 6.92 Å². The first-order valence-electron chi connectivity index (χ1n) is 7.98. The van der Waals surface area contributed by atoms with E-state index in [0.717, 1.165) is 36.3 Å². The molecule has 1 aromatic carbocycles. The summed E-state index contributed by atoms with van der Waals surface area (Å²) in [7, 11) is 0. The van der Waals surface area contributed by atoms with Gasteiger partial charge in [0.05, 0.1) is 11.7 Å². The van der Waals surface area contributed by atoms with Crippen molar-refractivity contribution in [3.8, 4) is 0 Å². The average molecular weight is 296 g/mol. The molecule has 2 heterocycles. The van der Waals surface area contributed by atoms with Crippen LogP contribution in [0.5, 0.6) is 0 Å². The van der Waals surface area contributed by atoms with Crippen LogP contribution in [0.25, 0.3) is 0 Å². The Labute approximate surface area is 129 Å². The maximum atomic E-state index is 12.6. The minimum atomic E-state index is 0.119. The Balaban J connectivity index is 1.46. The second-order valence-electron chi connectivity index (χ2n) is 6.46. The zero-order valence-electron chi connectivity index (χ0n) is 12.8. The fourth-order valence-electron chi connectivity index (χ4n) is 3.14. The van der Waals surface area contributed by atoms with E-state index >= 15 is 0 Å². The predicted octanol–water partition coefficient (Wildman–Crippen LogP) is 2.55. The minimum absolute atomic E-state index is 0.119. The quantitative estimate of drug-likeness (QED) is 0.874. The van der Waals surface area contributed by atoms with Crippen LogP contribution in [0.15, 0.2) is 30.5 Å². The lowest BCUT2D eigenvalue weighted by atomic mass is 10.1. The Morgan fingerprint density at radius 1 is 1.27 bits per heavy atom. The van der Waals surface area contributed by atoms with E-state index in [1.165, 1.54) is 12.8 Å². The van der Waals surface area contributed by atoms with Crippen molar-refractivity contribution >= 4 is 5.91 Å². The van der Waals surface area contributed by atoms with Gasteiger partial charge in [0, 0.05) is 30.8 Å². The number of likely N-dealkylation sites (tertiary alicyclic amines) is 1. The van der Waals surface area contributed by atoms with Gasteiger partial charge < -0.3 is 4.90 Å². The molecular weight excluding hydrogens is 276 g/mol. The molecule has 0 bridgehead atoms. The third kappa shape index (κ3) is 2.51. The summed E-state index contributed by atoms with van der Waals surface area (Å²) in [5.74, 6) is 0.744. The number of aromatic nitrogens is 3. The van der Waals surface area contributed by atoms with Crippen molar-refractivity contribution in [1.29, 1.82) is 0 Å². The maximum absolute atomic E-state index is 12.6. The molecule has 1 saturated heterocycles. The standard InChI is InChI=1S/C17H20N4O/c1-12-3-2-4-14(9-12)17(22)20-8-7-15(10-20)21-11-16(18-19-21)13-5-6-13/h2-4,9,11,13,15H,5-8,10H2,1H3/t15-/m0/s1. The number of carbonyl (C=O) groups is 1. The van der Waals surface area contributed by atoms with Crippen LogP contribution in [0.3, 0.4) is 0 Å². The summed E-state index contributed by atoms with van der Waals surface area (Å²) in [5, 5.41) is 8.54. The van der Waals surface area contributed by atoms with Crippen LogP contribution in [0.1, 0.15) is 52.8 Å². The average Bonchev–Trinajstić information content (AvgIpc) is 3.06. The van der Waals surface area contributed by atoms with Gasteiger partial charge in [-0.15, -0.1) is 5.10 Å². The van der Waals surface area contributed by atoms with Gasteiger partial charge in [0.2, 0.25) is 0 Å². The number of nitrogens with zero attached hydrogens (tertiary/aromatic N) is 4. The third-order valence-electron chi connectivity index (χ3n) is 4.61. The molecule has 1 atom stereocenters. The van der Waals surface area contributed by atoms with Crippen molar-refractivity contribution in [3.05, 3.63) is 47.3 Å². The lowest BCUT2D eigenvalue weighted by Crippen LogP contribution is -2.29. The Kier molecular flexibility index (Phi) is 3.21. The van der Waals surface area contributed by atoms with E-state index in [1.807, 2.05) is 40.8 Å². The van der Waals surface area contributed by atoms with Crippen LogP contribution < -0.4 is 0 Å². The molecule has 5 nitrogen and oxygen atoms in total. The summed E-state index contributed by atoms with van der Waals surface area (Å²) in [6.45, 7) is 3.52. The first kappa shape index (κ1) is 13.5. The lowest BCUT2D eigenvalue weighted by molar-refractivity contribution is 0.0787. The van der Waals surface area contributed by atoms with Gasteiger partial charge in [0.1, 0.15) is 0 Å². The predicted molar refractivity (Wildman–Crippen MR) is 82.7 cm³/mol. The smallest absolute Gasteiger partial charge is 0.253 e. The highest BCUT2D eigenvalue weighted by atomic mass is 16.2. The highest BCUT2D eigenvalue weighted by molar-refractivity contribution is 5.94. The van der Waals surface area contributed by atoms with Crippen molar-refractivity contribution in [2.45, 2.75) is 38.1 Å². The van der Waals surface area contributed by atoms with E-state index in [2.05, 4.69) is 16.5 Å². The number of aryl methyl sites for hydroxylation is 1. The van der Waals surface area contributed by atoms with Gasteiger partial charge in [-0.1, -0.05) is 22.9 Å². The summed E-state index contributed by atoms with van der Waals surface area (Å²) < 4.78 is 1.96. The summed E-state index contributed by atoms with van der Waals surface area (Å²) >= 11 is 0. The first-order chi connectivity index (χ1) is 10.7. The molecule has 1 saturated carbocycles. The monoisotopic (exact) mass is 296 g/mol. The molecule has 4 rings (SSSR count). The van der Waals surface area contributed by atoms with Crippen LogP contribution in [0.4, 0.5) is 0 Å². The molecule has 2 aromatic rings. The number of hydrogen-bond acceptors (Lipinski definition) is 3. The van der Waals surface area contributed by atoms with E-state index in [-0.39, 0.29) is 11.9 Å². The van der Waals surface area contributed by atoms with Gasteiger partial charge in [-0.25, -0.2) is 4.68 Å². The van der Waals surface area contributed by atoms with Crippen LogP contribution in [0.2, 0.25) is 0 Å². The Morgan fingerprint density at radius 3 is 2.91 bits per heavy atom. The number of benzene rings is 1. The summed E-state index contributed by atoms with van der Waals surface area (Å²) in [4.78, 5) is 14.5. The van der Waals surface area contributed by atoms with E-state index in [4.69, 9.17) is 0 Å². The molecule has 1 amide bonds. The summed E-state index contributed by atoms with van der Waals surface area (Å²) in [5.41, 5.74) is 3.01. The topological polar surface area (TPSA) is 51.0 Å². The molecule has 0 radical (unpaired) electrons. The second kappa shape index (κ2) is 5.23. The van der Waals surface area contributed by atoms with E-state index in [9.17, 15) is 4.79 Å². The van der Waals surface area contributed by atoms with E-state index in [1.54, 1.807) is 0 Å². The van der Waals surface area contributed by atoms with E-state index < -0.39 is 0 Å². The van der Waals surface area contributed by atoms with Crippen molar-refractivity contribution < 1.29 is 4.79 Å². The van der Waals surface area contributed by atoms with E-state index in [0.29, 0.717) is 5.92 Å². The first-order valence-corrected chi connectivity index (χ1v) is 7.98. The van der Waals surface area contributed by atoms with Crippen molar-refractivity contribution in [2.75, 3.05) is 13.1 Å². The molecule has 22 heavy (non-hydrogen) atoms.